The largest absolute Gasteiger partial charge is 0.490 e. The van der Waals surface area contributed by atoms with Gasteiger partial charge < -0.3 is 14.8 Å². The van der Waals surface area contributed by atoms with Crippen molar-refractivity contribution in [3.63, 3.8) is 0 Å². The van der Waals surface area contributed by atoms with E-state index >= 15 is 0 Å². The Balaban J connectivity index is 2.22. The highest BCUT2D eigenvalue weighted by Crippen LogP contribution is 2.34. The maximum Gasteiger partial charge on any atom is 0.313 e. The highest BCUT2D eigenvalue weighted by atomic mass is 19.1. The second kappa shape index (κ2) is 5.85. The Morgan fingerprint density at radius 1 is 1.52 bits per heavy atom. The van der Waals surface area contributed by atoms with E-state index in [1.807, 2.05) is 13.8 Å². The van der Waals surface area contributed by atoms with Gasteiger partial charge in [-0.1, -0.05) is 0 Å². The monoisotopic (exact) mass is 298 g/mol. The molecule has 0 bridgehead atoms. The fourth-order valence-corrected chi connectivity index (χ4v) is 2.53. The van der Waals surface area contributed by atoms with Crippen molar-refractivity contribution in [2.75, 3.05) is 19.0 Å². The van der Waals surface area contributed by atoms with Crippen molar-refractivity contribution in [1.29, 1.82) is 0 Å². The number of ether oxygens (including phenoxy) is 2. The molecule has 1 fully saturated rings. The minimum atomic E-state index is -0.663. The van der Waals surface area contributed by atoms with Crippen LogP contribution < -0.4 is 10.1 Å². The van der Waals surface area contributed by atoms with Gasteiger partial charge in [-0.05, 0) is 26.7 Å². The number of hydrogen-bond donors (Lipinski definition) is 1. The van der Waals surface area contributed by atoms with Crippen molar-refractivity contribution in [3.8, 4) is 5.75 Å². The zero-order valence-corrected chi connectivity index (χ0v) is 12.3. The molecule has 1 saturated heterocycles. The van der Waals surface area contributed by atoms with Crippen molar-refractivity contribution >= 4 is 11.4 Å². The minimum Gasteiger partial charge on any atom is -0.490 e. The van der Waals surface area contributed by atoms with Crippen LogP contribution in [0.15, 0.2) is 12.1 Å². The SMILES string of the molecule is COc1cc(NC2CCOC(C)(C)C2)c(F)cc1[N+](=O)[O-]. The van der Waals surface area contributed by atoms with Crippen LogP contribution in [0.3, 0.4) is 0 Å². The van der Waals surface area contributed by atoms with Crippen LogP contribution in [0.4, 0.5) is 15.8 Å². The molecule has 1 aromatic rings. The molecule has 1 unspecified atom stereocenters. The first-order chi connectivity index (χ1) is 9.82. The van der Waals surface area contributed by atoms with E-state index < -0.39 is 10.7 Å². The number of hydrogen-bond acceptors (Lipinski definition) is 5. The van der Waals surface area contributed by atoms with Gasteiger partial charge in [0.1, 0.15) is 0 Å². The molecule has 116 valence electrons. The maximum absolute atomic E-state index is 14.0. The molecule has 1 N–H and O–H groups in total. The van der Waals surface area contributed by atoms with Gasteiger partial charge in [0.15, 0.2) is 11.6 Å². The summed E-state index contributed by atoms with van der Waals surface area (Å²) in [5.41, 5.74) is -0.440. The third-order valence-corrected chi connectivity index (χ3v) is 3.52. The first kappa shape index (κ1) is 15.5. The van der Waals surface area contributed by atoms with Crippen molar-refractivity contribution in [3.05, 3.63) is 28.1 Å². The van der Waals surface area contributed by atoms with Crippen molar-refractivity contribution in [2.24, 2.45) is 0 Å². The van der Waals surface area contributed by atoms with E-state index in [1.165, 1.54) is 13.2 Å². The van der Waals surface area contributed by atoms with Crippen LogP contribution in [-0.2, 0) is 4.74 Å². The summed E-state index contributed by atoms with van der Waals surface area (Å²) in [7, 11) is 1.32. The summed E-state index contributed by atoms with van der Waals surface area (Å²) in [5.74, 6) is -0.623. The molecule has 2 rings (SSSR count). The molecule has 0 spiro atoms. The highest BCUT2D eigenvalue weighted by Gasteiger charge is 2.29. The normalized spacial score (nSPS) is 20.9. The van der Waals surface area contributed by atoms with Crippen molar-refractivity contribution < 1.29 is 18.8 Å². The molecule has 0 aliphatic carbocycles. The van der Waals surface area contributed by atoms with Gasteiger partial charge in [-0.2, -0.15) is 0 Å². The highest BCUT2D eigenvalue weighted by molar-refractivity contribution is 5.59. The summed E-state index contributed by atoms with van der Waals surface area (Å²) in [6.07, 6.45) is 1.48. The molecule has 1 aliphatic heterocycles. The fraction of sp³-hybridized carbons (Fsp3) is 0.571. The molecule has 1 aromatic carbocycles. The van der Waals surface area contributed by atoms with E-state index in [0.29, 0.717) is 6.61 Å². The lowest BCUT2D eigenvalue weighted by molar-refractivity contribution is -0.385. The zero-order valence-electron chi connectivity index (χ0n) is 12.3. The lowest BCUT2D eigenvalue weighted by atomic mass is 9.94. The fourth-order valence-electron chi connectivity index (χ4n) is 2.53. The maximum atomic E-state index is 14.0. The van der Waals surface area contributed by atoms with Crippen LogP contribution in [-0.4, -0.2) is 30.3 Å². The standard InChI is InChI=1S/C14H19FN2O4/c1-14(2)8-9(4-5-21-14)16-11-7-13(20-3)12(17(18)19)6-10(11)15/h6-7,9,16H,4-5,8H2,1-3H3. The molecule has 0 aromatic heterocycles. The van der Waals surface area contributed by atoms with Crippen LogP contribution in [0.2, 0.25) is 0 Å². The lowest BCUT2D eigenvalue weighted by Crippen LogP contribution is -2.40. The number of nitrogens with one attached hydrogen (secondary N) is 1. The Morgan fingerprint density at radius 3 is 2.81 bits per heavy atom. The number of nitrogens with zero attached hydrogens (tertiary/aromatic N) is 1. The predicted molar refractivity (Wildman–Crippen MR) is 76.3 cm³/mol. The Labute approximate surface area is 122 Å². The van der Waals surface area contributed by atoms with Crippen LogP contribution in [0.5, 0.6) is 5.75 Å². The van der Waals surface area contributed by atoms with Gasteiger partial charge in [0, 0.05) is 18.7 Å². The van der Waals surface area contributed by atoms with Crippen LogP contribution >= 0.6 is 0 Å². The molecule has 1 heterocycles. The molecule has 0 saturated carbocycles. The second-order valence-electron chi connectivity index (χ2n) is 5.70. The zero-order chi connectivity index (χ0) is 15.6. The molecule has 0 amide bonds. The topological polar surface area (TPSA) is 73.6 Å². The van der Waals surface area contributed by atoms with E-state index in [4.69, 9.17) is 9.47 Å². The Kier molecular flexibility index (Phi) is 4.32. The van der Waals surface area contributed by atoms with Gasteiger partial charge in [0.05, 0.1) is 29.4 Å². The summed E-state index contributed by atoms with van der Waals surface area (Å²) in [6.45, 7) is 4.55. The van der Waals surface area contributed by atoms with Crippen LogP contribution in [0, 0.1) is 15.9 Å². The van der Waals surface area contributed by atoms with Gasteiger partial charge in [-0.3, -0.25) is 10.1 Å². The number of nitro benzene ring substituents is 1. The smallest absolute Gasteiger partial charge is 0.313 e. The van der Waals surface area contributed by atoms with Gasteiger partial charge in [-0.25, -0.2) is 4.39 Å². The summed E-state index contributed by atoms with van der Waals surface area (Å²) in [5, 5.41) is 13.9. The molecule has 7 heteroatoms. The number of halogens is 1. The van der Waals surface area contributed by atoms with E-state index in [2.05, 4.69) is 5.32 Å². The van der Waals surface area contributed by atoms with Crippen molar-refractivity contribution in [1.82, 2.24) is 0 Å². The Morgan fingerprint density at radius 2 is 2.24 bits per heavy atom. The molecule has 1 aliphatic rings. The molecule has 1 atom stereocenters. The van der Waals surface area contributed by atoms with E-state index in [1.54, 1.807) is 0 Å². The summed E-state index contributed by atoms with van der Waals surface area (Å²) in [6, 6.07) is 2.26. The van der Waals surface area contributed by atoms with E-state index in [9.17, 15) is 14.5 Å². The van der Waals surface area contributed by atoms with Crippen LogP contribution in [0.25, 0.3) is 0 Å². The van der Waals surface area contributed by atoms with Crippen molar-refractivity contribution in [2.45, 2.75) is 38.3 Å². The summed E-state index contributed by atoms with van der Waals surface area (Å²) >= 11 is 0. The molecule has 6 nitrogen and oxygen atoms in total. The first-order valence-electron chi connectivity index (χ1n) is 6.75. The quantitative estimate of drug-likeness (QED) is 0.683. The van der Waals surface area contributed by atoms with E-state index in [-0.39, 0.29) is 28.8 Å². The van der Waals surface area contributed by atoms with Gasteiger partial charge in [-0.15, -0.1) is 0 Å². The first-order valence-corrected chi connectivity index (χ1v) is 6.75. The number of anilines is 1. The Bertz CT molecular complexity index is 548. The summed E-state index contributed by atoms with van der Waals surface area (Å²) < 4.78 is 24.6. The van der Waals surface area contributed by atoms with Crippen LogP contribution in [0.1, 0.15) is 26.7 Å². The van der Waals surface area contributed by atoms with E-state index in [0.717, 1.165) is 18.9 Å². The lowest BCUT2D eigenvalue weighted by Gasteiger charge is -2.36. The molecular weight excluding hydrogens is 279 g/mol. The summed E-state index contributed by atoms with van der Waals surface area (Å²) in [4.78, 5) is 10.2. The predicted octanol–water partition coefficient (Wildman–Crippen LogP) is 3.11. The number of rotatable bonds is 4. The van der Waals surface area contributed by atoms with Gasteiger partial charge >= 0.3 is 5.69 Å². The third-order valence-electron chi connectivity index (χ3n) is 3.52. The second-order valence-corrected chi connectivity index (χ2v) is 5.70. The molecule has 0 radical (unpaired) electrons. The number of benzene rings is 1. The average molecular weight is 298 g/mol. The van der Waals surface area contributed by atoms with Gasteiger partial charge in [0.25, 0.3) is 0 Å². The Hall–Kier alpha value is -1.89. The average Bonchev–Trinajstić information content (AvgIpc) is 2.39. The number of methoxy groups -OCH3 is 1. The molecule has 21 heavy (non-hydrogen) atoms. The molecular formula is C14H19FN2O4. The van der Waals surface area contributed by atoms with Gasteiger partial charge in [0.2, 0.25) is 0 Å². The third kappa shape index (κ3) is 3.60. The minimum absolute atomic E-state index is 0.0372. The number of nitro groups is 1.